The van der Waals surface area contributed by atoms with Crippen LogP contribution in [0.2, 0.25) is 0 Å². The van der Waals surface area contributed by atoms with Crippen LogP contribution < -0.4 is 0 Å². The van der Waals surface area contributed by atoms with Crippen LogP contribution in [-0.2, 0) is 26.3 Å². The number of rotatable bonds is 5. The third-order valence-corrected chi connectivity index (χ3v) is 12.2. The molecule has 0 amide bonds. The van der Waals surface area contributed by atoms with Gasteiger partial charge in [0.2, 0.25) is 0 Å². The van der Waals surface area contributed by atoms with E-state index in [1.807, 2.05) is 0 Å². The maximum atomic E-state index is 4.93. The SMILES string of the molecule is CC(C)(C)C1=CC2C(C=C1c1ccccc1)[C-](C(c1ccc(C(C)(C)C)cc1)C1CCCC1)C1C=C(c3ccccc3)C(C(C)(C)C)=CC12.[CH3-].[Cl][Zr+2][Cl]. The van der Waals surface area contributed by atoms with Gasteiger partial charge in [-0.1, -0.05) is 197 Å². The normalized spacial score (nSPS) is 23.8. The Kier molecular flexibility index (Phi) is 13.6. The summed E-state index contributed by atoms with van der Waals surface area (Å²) in [4.78, 5) is 0. The summed E-state index contributed by atoms with van der Waals surface area (Å²) in [6.07, 6.45) is 16.4. The Hall–Kier alpha value is -1.92. The first-order chi connectivity index (χ1) is 24.6. The van der Waals surface area contributed by atoms with Crippen LogP contribution in [0.5, 0.6) is 0 Å². The minimum absolute atomic E-state index is 0. The third-order valence-electron chi connectivity index (χ3n) is 12.2. The van der Waals surface area contributed by atoms with Crippen molar-refractivity contribution in [2.75, 3.05) is 0 Å². The number of hydrogen-bond acceptors (Lipinski definition) is 0. The average molecular weight is 825 g/mol. The van der Waals surface area contributed by atoms with E-state index in [2.05, 4.69) is 172 Å². The summed E-state index contributed by atoms with van der Waals surface area (Å²) in [5.74, 6) is 4.62. The quantitative estimate of drug-likeness (QED) is 0.225. The Balaban J connectivity index is 0.00000131. The maximum absolute atomic E-state index is 4.93. The molecule has 53 heavy (non-hydrogen) atoms. The fraction of sp³-hybridized carbons (Fsp3) is 0.440. The monoisotopic (exact) mass is 822 g/mol. The molecule has 4 aliphatic rings. The molecule has 0 aliphatic heterocycles. The Morgan fingerprint density at radius 1 is 0.566 bits per heavy atom. The van der Waals surface area contributed by atoms with Crippen LogP contribution in [0.3, 0.4) is 0 Å². The molecular formula is C50H62Cl2Zr. The van der Waals surface area contributed by atoms with Crippen LogP contribution in [0.15, 0.2) is 120 Å². The summed E-state index contributed by atoms with van der Waals surface area (Å²) in [6.45, 7) is 21.5. The van der Waals surface area contributed by atoms with Gasteiger partial charge in [-0.3, -0.25) is 5.92 Å². The molecule has 3 aromatic carbocycles. The molecule has 0 bridgehead atoms. The second-order valence-corrected chi connectivity index (χ2v) is 22.5. The second-order valence-electron chi connectivity index (χ2n) is 18.7. The fourth-order valence-corrected chi connectivity index (χ4v) is 9.77. The molecule has 3 heteroatoms. The Morgan fingerprint density at radius 2 is 0.962 bits per heavy atom. The first-order valence-corrected chi connectivity index (χ1v) is 25.9. The van der Waals surface area contributed by atoms with Crippen molar-refractivity contribution in [3.05, 3.63) is 156 Å². The Morgan fingerprint density at radius 3 is 1.32 bits per heavy atom. The average Bonchev–Trinajstić information content (AvgIpc) is 3.74. The third kappa shape index (κ3) is 9.05. The molecule has 280 valence electrons. The molecule has 0 radical (unpaired) electrons. The van der Waals surface area contributed by atoms with Crippen molar-refractivity contribution >= 4 is 28.2 Å². The number of allylic oxidation sites excluding steroid dienone is 8. The van der Waals surface area contributed by atoms with Gasteiger partial charge in [0, 0.05) is 0 Å². The van der Waals surface area contributed by atoms with Crippen molar-refractivity contribution < 1.29 is 20.8 Å². The summed E-state index contributed by atoms with van der Waals surface area (Å²) in [6, 6.07) is 32.4. The topological polar surface area (TPSA) is 0 Å². The van der Waals surface area contributed by atoms with Crippen LogP contribution in [-0.4, -0.2) is 0 Å². The van der Waals surface area contributed by atoms with E-state index in [4.69, 9.17) is 17.0 Å². The van der Waals surface area contributed by atoms with E-state index in [0.717, 1.165) is 0 Å². The molecule has 5 unspecified atom stereocenters. The van der Waals surface area contributed by atoms with Crippen LogP contribution >= 0.6 is 17.0 Å². The van der Waals surface area contributed by atoms with Crippen LogP contribution in [0, 0.1) is 53.8 Å². The minimum atomic E-state index is -0.826. The predicted molar refractivity (Wildman–Crippen MR) is 229 cm³/mol. The molecular weight excluding hydrogens is 763 g/mol. The van der Waals surface area contributed by atoms with Crippen molar-refractivity contribution in [2.24, 2.45) is 40.4 Å². The zero-order valence-corrected chi connectivity index (χ0v) is 37.9. The molecule has 0 nitrogen and oxygen atoms in total. The van der Waals surface area contributed by atoms with Crippen molar-refractivity contribution in [1.29, 1.82) is 0 Å². The fourth-order valence-electron chi connectivity index (χ4n) is 9.77. The zero-order chi connectivity index (χ0) is 37.4. The molecule has 0 aromatic heterocycles. The van der Waals surface area contributed by atoms with Crippen molar-refractivity contribution in [2.45, 2.75) is 99.3 Å². The molecule has 0 N–H and O–H groups in total. The summed E-state index contributed by atoms with van der Waals surface area (Å²) in [5.41, 5.74) is 11.8. The van der Waals surface area contributed by atoms with Gasteiger partial charge in [-0.05, 0) is 67.1 Å². The van der Waals surface area contributed by atoms with Crippen LogP contribution in [0.25, 0.3) is 11.1 Å². The molecule has 0 spiro atoms. The summed E-state index contributed by atoms with van der Waals surface area (Å²) in [7, 11) is 9.87. The number of halogens is 2. The van der Waals surface area contributed by atoms with Gasteiger partial charge in [0.05, 0.1) is 0 Å². The number of hydrogen-bond donors (Lipinski definition) is 0. The molecule has 2 fully saturated rings. The predicted octanol–water partition coefficient (Wildman–Crippen LogP) is 15.3. The molecule has 0 heterocycles. The van der Waals surface area contributed by atoms with Crippen molar-refractivity contribution in [3.8, 4) is 0 Å². The number of benzene rings is 3. The van der Waals surface area contributed by atoms with Gasteiger partial charge in [-0.15, -0.1) is 29.9 Å². The van der Waals surface area contributed by atoms with Gasteiger partial charge in [0.1, 0.15) is 0 Å². The molecule has 0 saturated heterocycles. The van der Waals surface area contributed by atoms with Crippen molar-refractivity contribution in [3.63, 3.8) is 0 Å². The molecule has 5 atom stereocenters. The van der Waals surface area contributed by atoms with E-state index < -0.39 is 20.8 Å². The van der Waals surface area contributed by atoms with E-state index in [1.54, 1.807) is 5.92 Å². The van der Waals surface area contributed by atoms with Crippen molar-refractivity contribution in [1.82, 2.24) is 0 Å². The molecule has 4 aliphatic carbocycles. The van der Waals surface area contributed by atoms with E-state index in [-0.39, 0.29) is 23.7 Å². The Labute approximate surface area is 342 Å². The van der Waals surface area contributed by atoms with Crippen LogP contribution in [0.4, 0.5) is 0 Å². The van der Waals surface area contributed by atoms with E-state index >= 15 is 0 Å². The first kappa shape index (κ1) is 42.2. The zero-order valence-electron chi connectivity index (χ0n) is 33.9. The molecule has 2 saturated carbocycles. The summed E-state index contributed by atoms with van der Waals surface area (Å²) in [5, 5.41) is 0. The number of fused-ring (bicyclic) bond motifs is 3. The van der Waals surface area contributed by atoms with Gasteiger partial charge in [0.25, 0.3) is 0 Å². The van der Waals surface area contributed by atoms with Crippen LogP contribution in [0.1, 0.15) is 116 Å². The molecule has 3 aromatic rings. The standard InChI is InChI=1S/C49H59.CH3.2ClH.Zr/c1-47(2,3)36-26-24-35(25-27-36)45(34-22-16-17-23-34)46-41-28-37(32-18-12-10-13-19-32)43(48(4,5)6)30-39(41)40-31-44(49(7,8)9)38(29-42(40)46)33-20-14-11-15-21-33;;;;/h10-15,18-21,24-31,34,39-42,45H,16-17,22-23H2,1-9H3;1H3;2*1H;/q2*-1;;;+4/p-2. The molecule has 7 rings (SSSR count). The Bertz CT molecular complexity index is 1690. The van der Waals surface area contributed by atoms with Gasteiger partial charge in [0.15, 0.2) is 0 Å². The summed E-state index contributed by atoms with van der Waals surface area (Å²) < 4.78 is 0. The van der Waals surface area contributed by atoms with E-state index in [1.165, 1.54) is 70.2 Å². The van der Waals surface area contributed by atoms with Gasteiger partial charge in [-0.2, -0.15) is 0 Å². The van der Waals surface area contributed by atoms with E-state index in [0.29, 0.717) is 35.5 Å². The van der Waals surface area contributed by atoms with Gasteiger partial charge < -0.3 is 7.43 Å². The summed E-state index contributed by atoms with van der Waals surface area (Å²) >= 11 is -0.826. The van der Waals surface area contributed by atoms with Gasteiger partial charge >= 0.3 is 37.9 Å². The van der Waals surface area contributed by atoms with Gasteiger partial charge in [-0.25, -0.2) is 0 Å². The second kappa shape index (κ2) is 17.1. The first-order valence-electron chi connectivity index (χ1n) is 19.6. The van der Waals surface area contributed by atoms with E-state index in [9.17, 15) is 0 Å².